The number of aromatic nitrogens is 4. The smallest absolute Gasteiger partial charge is 0.407 e. The number of aromatic amines is 2. The van der Waals surface area contributed by atoms with E-state index in [0.29, 0.717) is 12.4 Å². The topological polar surface area (TPSA) is 184 Å². The molecule has 0 aliphatic carbocycles. The van der Waals surface area contributed by atoms with Gasteiger partial charge in [-0.15, -0.1) is 0 Å². The minimum absolute atomic E-state index is 0.0158. The molecule has 3 aromatic carbocycles. The molecule has 5 aromatic rings. The molecule has 2 fully saturated rings. The molecule has 5 heterocycles. The maximum Gasteiger partial charge on any atom is 0.407 e. The van der Waals surface area contributed by atoms with Crippen molar-refractivity contribution in [2.24, 2.45) is 11.8 Å². The first-order valence-electron chi connectivity index (χ1n) is 21.4. The standard InChI is InChI=1S/C46H56N8O7/c1-9-24(4)39(52-46(58)60-8)44(56)54-26(6)11-17-36(54)42-48-33-15-13-27-19-32-30-14-12-28(18-29(30)22-61-37(32)20-31(27)40(33)50-42)34-21-47-41(49-34)35-16-10-25(5)53(35)43(55)38(23(2)3)51-45(57)59-7/h12-15,18-21,23-26,35-36,38-39H,9-11,16-17,22H2,1-8H3,(H,47,49)(H,48,50)(H,51,57)(H,52,58)/t24-,25-,26-,35-,36?,38-,39-/m0/s1. The Morgan fingerprint density at radius 3 is 2.13 bits per heavy atom. The molecular formula is C46H56N8O7. The monoisotopic (exact) mass is 832 g/mol. The average molecular weight is 833 g/mol. The normalized spacial score (nSPS) is 21.1. The van der Waals surface area contributed by atoms with E-state index in [1.54, 1.807) is 0 Å². The van der Waals surface area contributed by atoms with Crippen LogP contribution >= 0.6 is 0 Å². The van der Waals surface area contributed by atoms with E-state index in [9.17, 15) is 19.2 Å². The van der Waals surface area contributed by atoms with Crippen LogP contribution in [-0.4, -0.2) is 92.1 Å². The largest absolute Gasteiger partial charge is 0.488 e. The molecule has 15 nitrogen and oxygen atoms in total. The van der Waals surface area contributed by atoms with Gasteiger partial charge in [0.1, 0.15) is 36.1 Å². The first-order valence-corrected chi connectivity index (χ1v) is 21.4. The number of ether oxygens (including phenoxy) is 3. The SMILES string of the molecule is CC[C@H](C)[C@H](NC(=O)OC)C(=O)N1C(c2nc3ccc4cc5c(cc4c3[nH]2)OCc2cc(-c3cnc([C@@H]4CC[C@H](C)N4C(=O)[C@@H](NC(=O)OC)C(C)C)[nH]3)ccc2-5)CC[C@@H]1C. The Bertz CT molecular complexity index is 2490. The highest BCUT2D eigenvalue weighted by Crippen LogP contribution is 2.44. The maximum atomic E-state index is 14.1. The number of hydrogen-bond donors (Lipinski definition) is 4. The summed E-state index contributed by atoms with van der Waals surface area (Å²) >= 11 is 0. The second-order valence-corrected chi connectivity index (χ2v) is 17.2. The molecule has 2 aromatic heterocycles. The fraction of sp³-hybridized carbons (Fsp3) is 0.478. The van der Waals surface area contributed by atoms with Gasteiger partial charge >= 0.3 is 12.2 Å². The van der Waals surface area contributed by atoms with Crippen molar-refractivity contribution in [3.63, 3.8) is 0 Å². The molecule has 0 saturated carbocycles. The Balaban J connectivity index is 1.05. The van der Waals surface area contributed by atoms with Crippen molar-refractivity contribution in [1.29, 1.82) is 0 Å². The lowest BCUT2D eigenvalue weighted by Crippen LogP contribution is -2.53. The number of carbonyl (C=O) groups excluding carboxylic acids is 4. The van der Waals surface area contributed by atoms with Gasteiger partial charge in [-0.1, -0.05) is 52.3 Å². The number of benzene rings is 3. The zero-order chi connectivity index (χ0) is 43.3. The molecule has 2 saturated heterocycles. The van der Waals surface area contributed by atoms with Crippen molar-refractivity contribution >= 4 is 45.8 Å². The number of alkyl carbamates (subject to hydrolysis) is 2. The average Bonchev–Trinajstić information content (AvgIpc) is 4.08. The van der Waals surface area contributed by atoms with Crippen LogP contribution in [0.2, 0.25) is 0 Å². The summed E-state index contributed by atoms with van der Waals surface area (Å²) in [5.41, 5.74) is 6.60. The van der Waals surface area contributed by atoms with E-state index in [0.717, 1.165) is 93.4 Å². The number of H-pyrrole nitrogens is 2. The molecule has 0 bridgehead atoms. The summed E-state index contributed by atoms with van der Waals surface area (Å²) in [6.45, 7) is 12.2. The Labute approximate surface area is 355 Å². The summed E-state index contributed by atoms with van der Waals surface area (Å²) < 4.78 is 16.1. The number of nitrogens with one attached hydrogen (secondary N) is 4. The molecule has 61 heavy (non-hydrogen) atoms. The third-order valence-corrected chi connectivity index (χ3v) is 13.1. The second kappa shape index (κ2) is 16.7. The van der Waals surface area contributed by atoms with Gasteiger partial charge in [0.25, 0.3) is 0 Å². The van der Waals surface area contributed by atoms with Crippen molar-refractivity contribution < 1.29 is 33.4 Å². The Kier molecular flexibility index (Phi) is 11.4. The summed E-state index contributed by atoms with van der Waals surface area (Å²) in [6, 6.07) is 12.7. The number of carbonyl (C=O) groups is 4. The molecule has 8 rings (SSSR count). The van der Waals surface area contributed by atoms with Crippen LogP contribution in [0.3, 0.4) is 0 Å². The van der Waals surface area contributed by atoms with Gasteiger partial charge in [-0.25, -0.2) is 19.6 Å². The van der Waals surface area contributed by atoms with Crippen LogP contribution in [0.4, 0.5) is 9.59 Å². The number of fused-ring (bicyclic) bond motifs is 6. The third-order valence-electron chi connectivity index (χ3n) is 13.1. The minimum Gasteiger partial charge on any atom is -0.488 e. The fourth-order valence-corrected chi connectivity index (χ4v) is 9.43. The molecule has 4 N–H and O–H groups in total. The van der Waals surface area contributed by atoms with Crippen LogP contribution in [-0.2, 0) is 25.7 Å². The molecule has 7 atom stereocenters. The molecule has 3 aliphatic heterocycles. The number of hydrogen-bond acceptors (Lipinski definition) is 9. The minimum atomic E-state index is -0.718. The molecule has 0 radical (unpaired) electrons. The molecule has 0 spiro atoms. The molecular weight excluding hydrogens is 777 g/mol. The number of nitrogens with zero attached hydrogens (tertiary/aromatic N) is 4. The van der Waals surface area contributed by atoms with E-state index in [2.05, 4.69) is 57.0 Å². The van der Waals surface area contributed by atoms with Crippen LogP contribution in [0.1, 0.15) is 103 Å². The Hall–Kier alpha value is -6.12. The Morgan fingerprint density at radius 2 is 1.48 bits per heavy atom. The van der Waals surface area contributed by atoms with Crippen molar-refractivity contribution in [3.05, 3.63) is 65.9 Å². The van der Waals surface area contributed by atoms with Gasteiger partial charge in [-0.3, -0.25) is 9.59 Å². The highest BCUT2D eigenvalue weighted by atomic mass is 16.5. The van der Waals surface area contributed by atoms with Crippen molar-refractivity contribution in [3.8, 4) is 28.1 Å². The Morgan fingerprint density at radius 1 is 0.820 bits per heavy atom. The van der Waals surface area contributed by atoms with E-state index in [4.69, 9.17) is 24.2 Å². The third kappa shape index (κ3) is 7.63. The van der Waals surface area contributed by atoms with E-state index >= 15 is 0 Å². The first-order chi connectivity index (χ1) is 29.3. The second-order valence-electron chi connectivity index (χ2n) is 17.2. The summed E-state index contributed by atoms with van der Waals surface area (Å²) in [7, 11) is 2.60. The predicted octanol–water partition coefficient (Wildman–Crippen LogP) is 7.92. The zero-order valence-corrected chi connectivity index (χ0v) is 36.1. The molecule has 4 amide bonds. The predicted molar refractivity (Wildman–Crippen MR) is 230 cm³/mol. The summed E-state index contributed by atoms with van der Waals surface area (Å²) in [6.07, 6.45) is 4.42. The van der Waals surface area contributed by atoms with Gasteiger partial charge in [0.2, 0.25) is 11.8 Å². The van der Waals surface area contributed by atoms with Gasteiger partial charge in [0, 0.05) is 23.0 Å². The summed E-state index contributed by atoms with van der Waals surface area (Å²) in [5.74, 6) is 1.71. The van der Waals surface area contributed by atoms with Crippen LogP contribution < -0.4 is 15.4 Å². The molecule has 3 aliphatic rings. The lowest BCUT2D eigenvalue weighted by atomic mass is 9.92. The highest BCUT2D eigenvalue weighted by Gasteiger charge is 2.43. The molecule has 15 heteroatoms. The van der Waals surface area contributed by atoms with E-state index < -0.39 is 24.3 Å². The van der Waals surface area contributed by atoms with E-state index in [1.807, 2.05) is 63.6 Å². The van der Waals surface area contributed by atoms with Gasteiger partial charge in [-0.05, 0) is 97.7 Å². The van der Waals surface area contributed by atoms with Crippen molar-refractivity contribution in [2.75, 3.05) is 14.2 Å². The number of rotatable bonds is 10. The number of methoxy groups -OCH3 is 2. The van der Waals surface area contributed by atoms with Crippen LogP contribution in [0.5, 0.6) is 5.75 Å². The lowest BCUT2D eigenvalue weighted by Gasteiger charge is -2.33. The van der Waals surface area contributed by atoms with Gasteiger partial charge < -0.3 is 44.6 Å². The highest BCUT2D eigenvalue weighted by molar-refractivity contribution is 6.07. The van der Waals surface area contributed by atoms with Crippen LogP contribution in [0.25, 0.3) is 44.2 Å². The van der Waals surface area contributed by atoms with Crippen LogP contribution in [0, 0.1) is 11.8 Å². The van der Waals surface area contributed by atoms with Gasteiger partial charge in [0.05, 0.1) is 49.2 Å². The van der Waals surface area contributed by atoms with Gasteiger partial charge in [0.15, 0.2) is 0 Å². The van der Waals surface area contributed by atoms with E-state index in [1.165, 1.54) is 14.2 Å². The van der Waals surface area contributed by atoms with Crippen molar-refractivity contribution in [1.82, 2.24) is 40.4 Å². The number of likely N-dealkylation sites (tertiary alicyclic amines) is 2. The summed E-state index contributed by atoms with van der Waals surface area (Å²) in [5, 5.41) is 7.52. The first kappa shape index (κ1) is 41.6. The molecule has 322 valence electrons. The zero-order valence-electron chi connectivity index (χ0n) is 36.1. The van der Waals surface area contributed by atoms with Gasteiger partial charge in [-0.2, -0.15) is 0 Å². The lowest BCUT2D eigenvalue weighted by molar-refractivity contribution is -0.138. The van der Waals surface area contributed by atoms with E-state index in [-0.39, 0.29) is 47.8 Å². The quantitative estimate of drug-likeness (QED) is 0.109. The number of amides is 4. The summed E-state index contributed by atoms with van der Waals surface area (Å²) in [4.78, 5) is 73.0. The van der Waals surface area contributed by atoms with Crippen LogP contribution in [0.15, 0.2) is 48.7 Å². The number of imidazole rings is 2. The maximum absolute atomic E-state index is 14.1. The van der Waals surface area contributed by atoms with Crippen molar-refractivity contribution in [2.45, 2.75) is 117 Å². The molecule has 1 unspecified atom stereocenters. The fourth-order valence-electron chi connectivity index (χ4n) is 9.43.